The first-order valence-electron chi connectivity index (χ1n) is 7.31. The lowest BCUT2D eigenvalue weighted by atomic mass is 9.82. The highest BCUT2D eigenvalue weighted by atomic mass is 16.1. The fourth-order valence-electron chi connectivity index (χ4n) is 2.98. The largest absolute Gasteiger partial charge is 0.351 e. The molecule has 0 atom stereocenters. The predicted molar refractivity (Wildman–Crippen MR) is 80.6 cm³/mol. The number of aromatic nitrogens is 1. The van der Waals surface area contributed by atoms with E-state index < -0.39 is 0 Å². The van der Waals surface area contributed by atoms with Crippen LogP contribution in [0.15, 0.2) is 30.3 Å². The molecule has 0 bridgehead atoms. The Labute approximate surface area is 118 Å². The van der Waals surface area contributed by atoms with Crippen LogP contribution in [0.25, 0.3) is 10.9 Å². The van der Waals surface area contributed by atoms with Crippen LogP contribution in [0.1, 0.15) is 42.6 Å². The number of nitrogens with two attached hydrogens (primary N) is 1. The SMILES string of the molecule is NC1(CNC(=O)c2cc3ccccc3[nH]2)CCCCC1. The number of para-hydroxylation sites is 1. The second-order valence-corrected chi connectivity index (χ2v) is 5.88. The first kappa shape index (κ1) is 13.2. The van der Waals surface area contributed by atoms with Gasteiger partial charge in [-0.1, -0.05) is 37.5 Å². The maximum atomic E-state index is 12.2. The molecule has 0 unspecified atom stereocenters. The number of carbonyl (C=O) groups excluding carboxylic acids is 1. The Balaban J connectivity index is 1.66. The van der Waals surface area contributed by atoms with E-state index in [1.165, 1.54) is 19.3 Å². The highest BCUT2D eigenvalue weighted by Gasteiger charge is 2.27. The van der Waals surface area contributed by atoms with Gasteiger partial charge in [0.15, 0.2) is 0 Å². The van der Waals surface area contributed by atoms with Crippen LogP contribution in [0.5, 0.6) is 0 Å². The second kappa shape index (κ2) is 5.29. The minimum Gasteiger partial charge on any atom is -0.351 e. The Kier molecular flexibility index (Phi) is 3.49. The van der Waals surface area contributed by atoms with E-state index in [1.807, 2.05) is 30.3 Å². The third-order valence-corrected chi connectivity index (χ3v) is 4.22. The molecule has 4 heteroatoms. The van der Waals surface area contributed by atoms with Crippen LogP contribution in [0, 0.1) is 0 Å². The molecule has 1 aliphatic rings. The van der Waals surface area contributed by atoms with Gasteiger partial charge in [-0.25, -0.2) is 0 Å². The van der Waals surface area contributed by atoms with Crippen molar-refractivity contribution in [1.82, 2.24) is 10.3 Å². The molecule has 3 rings (SSSR count). The molecule has 0 spiro atoms. The molecular weight excluding hydrogens is 250 g/mol. The quantitative estimate of drug-likeness (QED) is 0.803. The summed E-state index contributed by atoms with van der Waals surface area (Å²) in [5, 5.41) is 4.03. The topological polar surface area (TPSA) is 70.9 Å². The summed E-state index contributed by atoms with van der Waals surface area (Å²) < 4.78 is 0. The summed E-state index contributed by atoms with van der Waals surface area (Å²) >= 11 is 0. The lowest BCUT2D eigenvalue weighted by molar-refractivity contribution is 0.0933. The summed E-state index contributed by atoms with van der Waals surface area (Å²) in [6, 6.07) is 9.77. The molecule has 4 N–H and O–H groups in total. The lowest BCUT2D eigenvalue weighted by Gasteiger charge is -2.33. The van der Waals surface area contributed by atoms with Gasteiger partial charge in [0.1, 0.15) is 5.69 Å². The average Bonchev–Trinajstić information content (AvgIpc) is 2.89. The predicted octanol–water partition coefficient (Wildman–Crippen LogP) is 2.56. The number of carbonyl (C=O) groups is 1. The van der Waals surface area contributed by atoms with E-state index in [9.17, 15) is 4.79 Å². The van der Waals surface area contributed by atoms with Crippen LogP contribution in [-0.4, -0.2) is 23.0 Å². The summed E-state index contributed by atoms with van der Waals surface area (Å²) in [6.07, 6.45) is 5.59. The summed E-state index contributed by atoms with van der Waals surface area (Å²) in [5.41, 5.74) is 7.70. The molecule has 1 aromatic heterocycles. The number of hydrogen-bond donors (Lipinski definition) is 3. The molecule has 0 aliphatic heterocycles. The third-order valence-electron chi connectivity index (χ3n) is 4.22. The average molecular weight is 271 g/mol. The van der Waals surface area contributed by atoms with E-state index in [4.69, 9.17) is 5.73 Å². The van der Waals surface area contributed by atoms with Gasteiger partial charge >= 0.3 is 0 Å². The van der Waals surface area contributed by atoms with Crippen molar-refractivity contribution in [1.29, 1.82) is 0 Å². The molecule has 4 nitrogen and oxygen atoms in total. The maximum Gasteiger partial charge on any atom is 0.267 e. The number of rotatable bonds is 3. The van der Waals surface area contributed by atoms with Gasteiger partial charge in [0.2, 0.25) is 0 Å². The van der Waals surface area contributed by atoms with Crippen molar-refractivity contribution in [2.24, 2.45) is 5.73 Å². The molecule has 2 aromatic rings. The van der Waals surface area contributed by atoms with Crippen molar-refractivity contribution in [3.8, 4) is 0 Å². The van der Waals surface area contributed by atoms with Crippen molar-refractivity contribution >= 4 is 16.8 Å². The number of H-pyrrole nitrogens is 1. The van der Waals surface area contributed by atoms with Gasteiger partial charge in [-0.2, -0.15) is 0 Å². The van der Waals surface area contributed by atoms with Crippen LogP contribution in [0.2, 0.25) is 0 Å². The van der Waals surface area contributed by atoms with Crippen LogP contribution in [-0.2, 0) is 0 Å². The zero-order valence-electron chi connectivity index (χ0n) is 11.6. The van der Waals surface area contributed by atoms with Crippen LogP contribution in [0.4, 0.5) is 0 Å². The standard InChI is InChI=1S/C16H21N3O/c17-16(8-4-1-5-9-16)11-18-15(20)14-10-12-6-2-3-7-13(12)19-14/h2-3,6-7,10,19H,1,4-5,8-9,11,17H2,(H,18,20). The number of aromatic amines is 1. The van der Waals surface area contributed by atoms with Crippen LogP contribution >= 0.6 is 0 Å². The Morgan fingerprint density at radius 1 is 1.25 bits per heavy atom. The Bertz CT molecular complexity index is 578. The van der Waals surface area contributed by atoms with Gasteiger partial charge in [0, 0.05) is 23.0 Å². The number of benzene rings is 1. The van der Waals surface area contributed by atoms with Crippen molar-refractivity contribution in [2.75, 3.05) is 6.54 Å². The molecule has 0 radical (unpaired) electrons. The van der Waals surface area contributed by atoms with E-state index in [-0.39, 0.29) is 11.4 Å². The Hall–Kier alpha value is -1.81. The van der Waals surface area contributed by atoms with Gasteiger partial charge < -0.3 is 16.0 Å². The zero-order valence-corrected chi connectivity index (χ0v) is 11.6. The second-order valence-electron chi connectivity index (χ2n) is 5.88. The van der Waals surface area contributed by atoms with Crippen LogP contribution in [0.3, 0.4) is 0 Å². The third kappa shape index (κ3) is 2.70. The number of amides is 1. The van der Waals surface area contributed by atoms with Crippen molar-refractivity contribution < 1.29 is 4.79 Å². The molecule has 1 saturated carbocycles. The minimum atomic E-state index is -0.222. The van der Waals surface area contributed by atoms with Crippen LogP contribution < -0.4 is 11.1 Å². The minimum absolute atomic E-state index is 0.0726. The van der Waals surface area contributed by atoms with Gasteiger partial charge in [0.05, 0.1) is 0 Å². The summed E-state index contributed by atoms with van der Waals surface area (Å²) in [6.45, 7) is 0.557. The number of nitrogens with one attached hydrogen (secondary N) is 2. The monoisotopic (exact) mass is 271 g/mol. The molecule has 1 aliphatic carbocycles. The first-order chi connectivity index (χ1) is 9.66. The summed E-state index contributed by atoms with van der Waals surface area (Å²) in [5.74, 6) is -0.0726. The van der Waals surface area contributed by atoms with E-state index >= 15 is 0 Å². The van der Waals surface area contributed by atoms with Crippen molar-refractivity contribution in [3.05, 3.63) is 36.0 Å². The number of hydrogen-bond acceptors (Lipinski definition) is 2. The highest BCUT2D eigenvalue weighted by Crippen LogP contribution is 2.25. The van der Waals surface area contributed by atoms with E-state index in [2.05, 4.69) is 10.3 Å². The smallest absolute Gasteiger partial charge is 0.267 e. The maximum absolute atomic E-state index is 12.2. The van der Waals surface area contributed by atoms with Gasteiger partial charge in [0.25, 0.3) is 5.91 Å². The van der Waals surface area contributed by atoms with E-state index in [0.717, 1.165) is 23.7 Å². The van der Waals surface area contributed by atoms with Crippen molar-refractivity contribution in [3.63, 3.8) is 0 Å². The summed E-state index contributed by atoms with van der Waals surface area (Å²) in [7, 11) is 0. The molecule has 1 aromatic carbocycles. The fraction of sp³-hybridized carbons (Fsp3) is 0.438. The molecule has 1 heterocycles. The van der Waals surface area contributed by atoms with Gasteiger partial charge in [-0.15, -0.1) is 0 Å². The summed E-state index contributed by atoms with van der Waals surface area (Å²) in [4.78, 5) is 15.3. The van der Waals surface area contributed by atoms with Gasteiger partial charge in [-0.3, -0.25) is 4.79 Å². The van der Waals surface area contributed by atoms with Gasteiger partial charge in [-0.05, 0) is 25.0 Å². The number of fused-ring (bicyclic) bond motifs is 1. The zero-order chi connectivity index (χ0) is 14.0. The fourth-order valence-corrected chi connectivity index (χ4v) is 2.98. The molecule has 20 heavy (non-hydrogen) atoms. The van der Waals surface area contributed by atoms with E-state index in [1.54, 1.807) is 0 Å². The van der Waals surface area contributed by atoms with Crippen molar-refractivity contribution in [2.45, 2.75) is 37.6 Å². The Morgan fingerprint density at radius 2 is 2.00 bits per heavy atom. The lowest BCUT2D eigenvalue weighted by Crippen LogP contribution is -2.51. The molecule has 1 fully saturated rings. The molecule has 1 amide bonds. The molecular formula is C16H21N3O. The highest BCUT2D eigenvalue weighted by molar-refractivity contribution is 5.98. The van der Waals surface area contributed by atoms with E-state index in [0.29, 0.717) is 12.2 Å². The molecule has 106 valence electrons. The first-order valence-corrected chi connectivity index (χ1v) is 7.31. The normalized spacial score (nSPS) is 18.1. The molecule has 0 saturated heterocycles. The Morgan fingerprint density at radius 3 is 2.75 bits per heavy atom.